The topological polar surface area (TPSA) is 48.7 Å². The van der Waals surface area contributed by atoms with Crippen LogP contribution in [0.5, 0.6) is 0 Å². The number of hydrogen-bond acceptors (Lipinski definition) is 3. The maximum absolute atomic E-state index is 13.6. The molecule has 0 atom stereocenters. The number of nitriles is 1. The van der Waals surface area contributed by atoms with E-state index in [4.69, 9.17) is 5.26 Å². The summed E-state index contributed by atoms with van der Waals surface area (Å²) in [5.41, 5.74) is 0.729. The highest BCUT2D eigenvalue weighted by molar-refractivity contribution is 9.10. The van der Waals surface area contributed by atoms with Crippen molar-refractivity contribution in [1.29, 1.82) is 5.26 Å². The Balaban J connectivity index is 2.44. The predicted molar refractivity (Wildman–Crippen MR) is 66.3 cm³/mol. The zero-order chi connectivity index (χ0) is 13.1. The van der Waals surface area contributed by atoms with E-state index < -0.39 is 11.6 Å². The Bertz CT molecular complexity index is 614. The summed E-state index contributed by atoms with van der Waals surface area (Å²) < 4.78 is 26.8. The van der Waals surface area contributed by atoms with Crippen molar-refractivity contribution in [2.45, 2.75) is 0 Å². The van der Waals surface area contributed by atoms with Gasteiger partial charge in [0.05, 0.1) is 23.1 Å². The van der Waals surface area contributed by atoms with E-state index in [0.29, 0.717) is 11.3 Å². The van der Waals surface area contributed by atoms with Crippen LogP contribution in [-0.2, 0) is 0 Å². The van der Waals surface area contributed by atoms with Gasteiger partial charge < -0.3 is 5.32 Å². The molecule has 1 heterocycles. The highest BCUT2D eigenvalue weighted by atomic mass is 79.9. The zero-order valence-corrected chi connectivity index (χ0v) is 10.5. The molecular weight excluding hydrogens is 304 g/mol. The maximum atomic E-state index is 13.6. The number of aromatic nitrogens is 1. The third kappa shape index (κ3) is 2.46. The largest absolute Gasteiger partial charge is 0.350 e. The van der Waals surface area contributed by atoms with Gasteiger partial charge in [-0.15, -0.1) is 0 Å². The van der Waals surface area contributed by atoms with Gasteiger partial charge in [0.2, 0.25) is 0 Å². The van der Waals surface area contributed by atoms with Gasteiger partial charge in [0, 0.05) is 16.7 Å². The van der Waals surface area contributed by atoms with Crippen molar-refractivity contribution in [3.63, 3.8) is 0 Å². The Kier molecular flexibility index (Phi) is 3.53. The second-order valence-corrected chi connectivity index (χ2v) is 4.26. The summed E-state index contributed by atoms with van der Waals surface area (Å²) in [5, 5.41) is 11.6. The van der Waals surface area contributed by atoms with Crippen LogP contribution in [0, 0.1) is 23.0 Å². The highest BCUT2D eigenvalue weighted by Crippen LogP contribution is 2.30. The number of nitrogens with zero attached hydrogens (tertiary/aromatic N) is 2. The van der Waals surface area contributed by atoms with Crippen LogP contribution in [0.2, 0.25) is 0 Å². The number of anilines is 2. The molecule has 0 saturated heterocycles. The molecule has 2 aromatic rings. The molecule has 0 radical (unpaired) electrons. The molecule has 18 heavy (non-hydrogen) atoms. The molecule has 0 fully saturated rings. The minimum atomic E-state index is -0.755. The molecule has 6 heteroatoms. The van der Waals surface area contributed by atoms with Gasteiger partial charge in [-0.3, -0.25) is 4.98 Å². The summed E-state index contributed by atoms with van der Waals surface area (Å²) in [4.78, 5) is 3.84. The van der Waals surface area contributed by atoms with E-state index in [1.807, 2.05) is 6.07 Å². The standard InChI is InChI=1S/C12H6BrF2N3/c13-9-3-8(14)4-10(15)12(9)18-11-6-17-2-1-7(11)5-16/h1-4,6,18H. The van der Waals surface area contributed by atoms with Crippen LogP contribution in [0.1, 0.15) is 5.56 Å². The Morgan fingerprint density at radius 3 is 2.78 bits per heavy atom. The lowest BCUT2D eigenvalue weighted by Crippen LogP contribution is -1.98. The molecule has 0 amide bonds. The monoisotopic (exact) mass is 309 g/mol. The Labute approximate surface area is 110 Å². The van der Waals surface area contributed by atoms with Gasteiger partial charge in [-0.2, -0.15) is 5.26 Å². The summed E-state index contributed by atoms with van der Waals surface area (Å²) >= 11 is 3.06. The Hall–Kier alpha value is -2.00. The first kappa shape index (κ1) is 12.5. The average molecular weight is 310 g/mol. The minimum absolute atomic E-state index is 0.0564. The number of benzene rings is 1. The Morgan fingerprint density at radius 1 is 1.33 bits per heavy atom. The maximum Gasteiger partial charge on any atom is 0.150 e. The van der Waals surface area contributed by atoms with Crippen molar-refractivity contribution in [2.75, 3.05) is 5.32 Å². The van der Waals surface area contributed by atoms with Crippen molar-refractivity contribution in [3.8, 4) is 6.07 Å². The van der Waals surface area contributed by atoms with Crippen molar-refractivity contribution in [3.05, 3.63) is 52.3 Å². The molecule has 0 aliphatic rings. The van der Waals surface area contributed by atoms with Gasteiger partial charge >= 0.3 is 0 Å². The van der Waals surface area contributed by atoms with E-state index in [0.717, 1.165) is 12.1 Å². The second-order valence-electron chi connectivity index (χ2n) is 3.40. The normalized spacial score (nSPS) is 9.89. The molecule has 90 valence electrons. The van der Waals surface area contributed by atoms with E-state index >= 15 is 0 Å². The van der Waals surface area contributed by atoms with Gasteiger partial charge in [-0.1, -0.05) is 0 Å². The van der Waals surface area contributed by atoms with Crippen LogP contribution in [0.3, 0.4) is 0 Å². The molecule has 0 spiro atoms. The molecule has 1 aromatic heterocycles. The van der Waals surface area contributed by atoms with Crippen molar-refractivity contribution in [1.82, 2.24) is 4.98 Å². The summed E-state index contributed by atoms with van der Waals surface area (Å²) in [7, 11) is 0. The van der Waals surface area contributed by atoms with E-state index in [9.17, 15) is 8.78 Å². The summed E-state index contributed by atoms with van der Waals surface area (Å²) in [6.07, 6.45) is 2.85. The summed E-state index contributed by atoms with van der Waals surface area (Å²) in [5.74, 6) is -1.44. The molecule has 0 aliphatic carbocycles. The number of hydrogen-bond donors (Lipinski definition) is 1. The number of rotatable bonds is 2. The SMILES string of the molecule is N#Cc1ccncc1Nc1c(F)cc(F)cc1Br. The first-order valence-corrected chi connectivity index (χ1v) is 5.67. The fourth-order valence-corrected chi connectivity index (χ4v) is 1.90. The van der Waals surface area contributed by atoms with Gasteiger partial charge in [0.1, 0.15) is 11.9 Å². The van der Waals surface area contributed by atoms with Crippen molar-refractivity contribution >= 4 is 27.3 Å². The second kappa shape index (κ2) is 5.10. The fraction of sp³-hybridized carbons (Fsp3) is 0. The van der Waals surface area contributed by atoms with Crippen LogP contribution in [0.25, 0.3) is 0 Å². The smallest absolute Gasteiger partial charge is 0.150 e. The van der Waals surface area contributed by atoms with Gasteiger partial charge in [-0.05, 0) is 28.1 Å². The highest BCUT2D eigenvalue weighted by Gasteiger charge is 2.11. The molecule has 0 unspecified atom stereocenters. The number of nitrogens with one attached hydrogen (secondary N) is 1. The van der Waals surface area contributed by atoms with Crippen LogP contribution in [-0.4, -0.2) is 4.98 Å². The van der Waals surface area contributed by atoms with E-state index in [1.165, 1.54) is 18.5 Å². The van der Waals surface area contributed by atoms with Crippen LogP contribution in [0.15, 0.2) is 35.1 Å². The van der Waals surface area contributed by atoms with Crippen LogP contribution >= 0.6 is 15.9 Å². The van der Waals surface area contributed by atoms with Crippen LogP contribution < -0.4 is 5.32 Å². The quantitative estimate of drug-likeness (QED) is 0.919. The summed E-state index contributed by atoms with van der Waals surface area (Å²) in [6.45, 7) is 0. The first-order valence-electron chi connectivity index (χ1n) is 4.87. The van der Waals surface area contributed by atoms with Gasteiger partial charge in [-0.25, -0.2) is 8.78 Å². The number of halogens is 3. The molecule has 0 bridgehead atoms. The lowest BCUT2D eigenvalue weighted by atomic mass is 10.2. The zero-order valence-electron chi connectivity index (χ0n) is 8.92. The molecule has 1 N–H and O–H groups in total. The van der Waals surface area contributed by atoms with Gasteiger partial charge in [0.15, 0.2) is 5.82 Å². The van der Waals surface area contributed by atoms with Crippen molar-refractivity contribution < 1.29 is 8.78 Å². The molecular formula is C12H6BrF2N3. The van der Waals surface area contributed by atoms with Crippen LogP contribution in [0.4, 0.5) is 20.2 Å². The third-order valence-electron chi connectivity index (χ3n) is 2.21. The van der Waals surface area contributed by atoms with E-state index in [-0.39, 0.29) is 10.2 Å². The lowest BCUT2D eigenvalue weighted by molar-refractivity contribution is 0.584. The van der Waals surface area contributed by atoms with E-state index in [1.54, 1.807) is 0 Å². The predicted octanol–water partition coefficient (Wildman–Crippen LogP) is 3.74. The molecule has 2 rings (SSSR count). The van der Waals surface area contributed by atoms with E-state index in [2.05, 4.69) is 26.2 Å². The first-order chi connectivity index (χ1) is 8.61. The Morgan fingerprint density at radius 2 is 2.11 bits per heavy atom. The summed E-state index contributed by atoms with van der Waals surface area (Å²) in [6, 6.07) is 5.34. The van der Waals surface area contributed by atoms with Gasteiger partial charge in [0.25, 0.3) is 0 Å². The third-order valence-corrected chi connectivity index (χ3v) is 2.83. The minimum Gasteiger partial charge on any atom is -0.350 e. The molecule has 1 aromatic carbocycles. The molecule has 3 nitrogen and oxygen atoms in total. The molecule has 0 aliphatic heterocycles. The fourth-order valence-electron chi connectivity index (χ4n) is 1.39. The average Bonchev–Trinajstić information content (AvgIpc) is 2.34. The lowest BCUT2D eigenvalue weighted by Gasteiger charge is -2.10. The molecule has 0 saturated carbocycles. The van der Waals surface area contributed by atoms with Crippen molar-refractivity contribution in [2.24, 2.45) is 0 Å². The number of pyridine rings is 1.